The van der Waals surface area contributed by atoms with E-state index in [0.717, 1.165) is 36.8 Å². The highest BCUT2D eigenvalue weighted by Gasteiger charge is 2.48. The SMILES string of the molecule is CC1CCC(NC(=O)C2(C)Cn3c(cc4occc43)C(=O)N2CCc2ccccc2)CC1. The number of fused-ring (bicyclic) bond motifs is 3. The van der Waals surface area contributed by atoms with Crippen molar-refractivity contribution in [3.8, 4) is 0 Å². The molecule has 6 heteroatoms. The fourth-order valence-corrected chi connectivity index (χ4v) is 5.25. The molecule has 1 aliphatic carbocycles. The quantitative estimate of drug-likeness (QED) is 0.649. The molecule has 1 aliphatic heterocycles. The Morgan fingerprint density at radius 3 is 2.66 bits per heavy atom. The van der Waals surface area contributed by atoms with E-state index in [1.54, 1.807) is 17.2 Å². The summed E-state index contributed by atoms with van der Waals surface area (Å²) in [6.45, 7) is 5.08. The van der Waals surface area contributed by atoms with Crippen LogP contribution in [0.5, 0.6) is 0 Å². The summed E-state index contributed by atoms with van der Waals surface area (Å²) in [6.07, 6.45) is 6.60. The third-order valence-electron chi connectivity index (χ3n) is 7.36. The maximum atomic E-state index is 13.7. The predicted octanol–water partition coefficient (Wildman–Crippen LogP) is 4.39. The topological polar surface area (TPSA) is 67.5 Å². The van der Waals surface area contributed by atoms with Crippen molar-refractivity contribution in [2.75, 3.05) is 6.54 Å². The Morgan fingerprint density at radius 1 is 1.16 bits per heavy atom. The van der Waals surface area contributed by atoms with Gasteiger partial charge in [-0.25, -0.2) is 0 Å². The minimum atomic E-state index is -0.967. The number of carbonyl (C=O) groups excluding carboxylic acids is 2. The van der Waals surface area contributed by atoms with E-state index in [1.165, 1.54) is 0 Å². The van der Waals surface area contributed by atoms with Crippen LogP contribution in [0.1, 0.15) is 55.6 Å². The van der Waals surface area contributed by atoms with Gasteiger partial charge in [0.1, 0.15) is 11.2 Å². The Balaban J connectivity index is 1.45. The fraction of sp³-hybridized carbons (Fsp3) is 0.462. The van der Waals surface area contributed by atoms with Crippen molar-refractivity contribution < 1.29 is 14.0 Å². The smallest absolute Gasteiger partial charge is 0.271 e. The number of aromatic nitrogens is 1. The highest BCUT2D eigenvalue weighted by atomic mass is 16.3. The van der Waals surface area contributed by atoms with Crippen molar-refractivity contribution in [2.24, 2.45) is 5.92 Å². The highest BCUT2D eigenvalue weighted by molar-refractivity contribution is 6.02. The van der Waals surface area contributed by atoms with E-state index in [9.17, 15) is 9.59 Å². The van der Waals surface area contributed by atoms with E-state index in [2.05, 4.69) is 24.4 Å². The van der Waals surface area contributed by atoms with E-state index >= 15 is 0 Å². The van der Waals surface area contributed by atoms with E-state index in [1.807, 2.05) is 35.8 Å². The molecule has 0 bridgehead atoms. The van der Waals surface area contributed by atoms with Gasteiger partial charge in [-0.1, -0.05) is 37.3 Å². The highest BCUT2D eigenvalue weighted by Crippen LogP contribution is 2.33. The van der Waals surface area contributed by atoms with Crippen molar-refractivity contribution in [1.82, 2.24) is 14.8 Å². The maximum Gasteiger partial charge on any atom is 0.271 e. The summed E-state index contributed by atoms with van der Waals surface area (Å²) in [5, 5.41) is 3.29. The van der Waals surface area contributed by atoms with Gasteiger partial charge in [-0.15, -0.1) is 0 Å². The number of rotatable bonds is 5. The van der Waals surface area contributed by atoms with Crippen LogP contribution in [0, 0.1) is 5.92 Å². The average Bonchev–Trinajstić information content (AvgIpc) is 3.38. The summed E-state index contributed by atoms with van der Waals surface area (Å²) in [4.78, 5) is 29.1. The second-order valence-electron chi connectivity index (χ2n) is 9.68. The second-order valence-corrected chi connectivity index (χ2v) is 9.68. The molecule has 2 aromatic heterocycles. The molecule has 3 heterocycles. The first-order chi connectivity index (χ1) is 15.5. The van der Waals surface area contributed by atoms with Crippen LogP contribution in [-0.4, -0.2) is 39.4 Å². The molecule has 0 spiro atoms. The van der Waals surface area contributed by atoms with Crippen LogP contribution in [0.2, 0.25) is 0 Å². The van der Waals surface area contributed by atoms with Gasteiger partial charge in [0, 0.05) is 24.7 Å². The zero-order valence-electron chi connectivity index (χ0n) is 18.8. The monoisotopic (exact) mass is 433 g/mol. The van der Waals surface area contributed by atoms with Crippen LogP contribution in [0.15, 0.2) is 53.1 Å². The third-order valence-corrected chi connectivity index (χ3v) is 7.36. The van der Waals surface area contributed by atoms with Crippen LogP contribution in [0.3, 0.4) is 0 Å². The lowest BCUT2D eigenvalue weighted by atomic mass is 9.86. The summed E-state index contributed by atoms with van der Waals surface area (Å²) in [6, 6.07) is 14.0. The molecule has 5 rings (SSSR count). The zero-order valence-corrected chi connectivity index (χ0v) is 18.8. The molecule has 1 aromatic carbocycles. The summed E-state index contributed by atoms with van der Waals surface area (Å²) in [5.41, 5.74) is 2.32. The maximum absolute atomic E-state index is 13.7. The lowest BCUT2D eigenvalue weighted by molar-refractivity contribution is -0.133. The van der Waals surface area contributed by atoms with Crippen LogP contribution in [0.25, 0.3) is 11.1 Å². The lowest BCUT2D eigenvalue weighted by Crippen LogP contribution is -2.65. The molecule has 0 radical (unpaired) electrons. The molecule has 32 heavy (non-hydrogen) atoms. The minimum absolute atomic E-state index is 0.0607. The first kappa shape index (κ1) is 20.9. The van der Waals surface area contributed by atoms with Gasteiger partial charge in [-0.2, -0.15) is 0 Å². The molecule has 3 aromatic rings. The molecule has 1 saturated carbocycles. The van der Waals surface area contributed by atoms with Gasteiger partial charge in [0.15, 0.2) is 5.58 Å². The van der Waals surface area contributed by atoms with Crippen molar-refractivity contribution in [1.29, 1.82) is 0 Å². The molecule has 0 saturated heterocycles. The van der Waals surface area contributed by atoms with Crippen LogP contribution >= 0.6 is 0 Å². The minimum Gasteiger partial charge on any atom is -0.463 e. The van der Waals surface area contributed by atoms with Gasteiger partial charge < -0.3 is 19.2 Å². The normalized spacial score (nSPS) is 25.7. The molecule has 1 unspecified atom stereocenters. The molecule has 2 amide bonds. The van der Waals surface area contributed by atoms with E-state index < -0.39 is 5.54 Å². The molecular formula is C26H31N3O3. The van der Waals surface area contributed by atoms with Crippen molar-refractivity contribution in [3.05, 3.63) is 60.0 Å². The summed E-state index contributed by atoms with van der Waals surface area (Å²) in [7, 11) is 0. The Kier molecular flexibility index (Phi) is 5.31. The number of furan rings is 1. The average molecular weight is 434 g/mol. The number of benzene rings is 1. The van der Waals surface area contributed by atoms with Crippen LogP contribution in [0.4, 0.5) is 0 Å². The Hall–Kier alpha value is -3.02. The van der Waals surface area contributed by atoms with Gasteiger partial charge in [0.25, 0.3) is 5.91 Å². The Labute approximate surface area is 188 Å². The largest absolute Gasteiger partial charge is 0.463 e. The summed E-state index contributed by atoms with van der Waals surface area (Å²) < 4.78 is 7.50. The standard InChI is InChI=1S/C26H31N3O3/c1-18-8-10-20(11-9-18)27-25(31)26(2)17-28-21-13-15-32-23(21)16-22(28)24(30)29(26)14-12-19-6-4-3-5-7-19/h3-7,13,15-16,18,20H,8-12,14,17H2,1-2H3,(H,27,31). The van der Waals surface area contributed by atoms with E-state index in [0.29, 0.717) is 36.7 Å². The van der Waals surface area contributed by atoms with Crippen LogP contribution in [-0.2, 0) is 17.8 Å². The Morgan fingerprint density at radius 2 is 1.91 bits per heavy atom. The van der Waals surface area contributed by atoms with Crippen LogP contribution < -0.4 is 5.32 Å². The summed E-state index contributed by atoms with van der Waals surface area (Å²) >= 11 is 0. The Bertz CT molecular complexity index is 1120. The molecule has 1 fully saturated rings. The number of nitrogens with zero attached hydrogens (tertiary/aromatic N) is 2. The van der Waals surface area contributed by atoms with Gasteiger partial charge in [0.2, 0.25) is 5.91 Å². The van der Waals surface area contributed by atoms with E-state index in [-0.39, 0.29) is 17.9 Å². The van der Waals surface area contributed by atoms with Gasteiger partial charge in [0.05, 0.1) is 18.3 Å². The van der Waals surface area contributed by atoms with Gasteiger partial charge >= 0.3 is 0 Å². The van der Waals surface area contributed by atoms with E-state index in [4.69, 9.17) is 4.42 Å². The first-order valence-electron chi connectivity index (χ1n) is 11.7. The van der Waals surface area contributed by atoms with Crippen molar-refractivity contribution in [2.45, 2.75) is 64.1 Å². The molecule has 1 N–H and O–H groups in total. The zero-order chi connectivity index (χ0) is 22.3. The number of hydrogen-bond donors (Lipinski definition) is 1. The fourth-order valence-electron chi connectivity index (χ4n) is 5.25. The number of hydrogen-bond acceptors (Lipinski definition) is 3. The predicted molar refractivity (Wildman–Crippen MR) is 123 cm³/mol. The molecule has 2 aliphatic rings. The number of carbonyl (C=O) groups is 2. The molecule has 6 nitrogen and oxygen atoms in total. The second kappa shape index (κ2) is 8.15. The lowest BCUT2D eigenvalue weighted by Gasteiger charge is -2.45. The van der Waals surface area contributed by atoms with Gasteiger partial charge in [-0.05, 0) is 50.5 Å². The molecular weight excluding hydrogens is 402 g/mol. The number of nitrogens with one attached hydrogen (secondary N) is 1. The number of amides is 2. The third kappa shape index (κ3) is 3.61. The van der Waals surface area contributed by atoms with Crippen molar-refractivity contribution >= 4 is 22.9 Å². The molecule has 168 valence electrons. The first-order valence-corrected chi connectivity index (χ1v) is 11.7. The van der Waals surface area contributed by atoms with Crippen molar-refractivity contribution in [3.63, 3.8) is 0 Å². The van der Waals surface area contributed by atoms with Gasteiger partial charge in [-0.3, -0.25) is 9.59 Å². The molecule has 1 atom stereocenters. The summed E-state index contributed by atoms with van der Waals surface area (Å²) in [5.74, 6) is 0.539.